The number of thioether (sulfide) groups is 2. The van der Waals surface area contributed by atoms with Crippen molar-refractivity contribution in [3.63, 3.8) is 0 Å². The Kier molecular flexibility index (Phi) is 11.9. The van der Waals surface area contributed by atoms with E-state index in [0.29, 0.717) is 10.5 Å². The summed E-state index contributed by atoms with van der Waals surface area (Å²) in [6.45, 7) is 27.8. The first-order valence-electron chi connectivity index (χ1n) is 12.6. The second kappa shape index (κ2) is 12.3. The third kappa shape index (κ3) is 9.23. The van der Waals surface area contributed by atoms with Crippen LogP contribution in [0, 0.1) is 11.8 Å². The minimum atomic E-state index is -2.01. The van der Waals surface area contributed by atoms with Gasteiger partial charge in [-0.05, 0) is 73.0 Å². The summed E-state index contributed by atoms with van der Waals surface area (Å²) in [7, 11) is -3.99. The average molecular weight is 523 g/mol. The Morgan fingerprint density at radius 1 is 0.875 bits per heavy atom. The van der Waals surface area contributed by atoms with Crippen LogP contribution in [0.2, 0.25) is 36.3 Å². The van der Waals surface area contributed by atoms with Gasteiger partial charge >= 0.3 is 0 Å². The molecule has 4 atom stereocenters. The summed E-state index contributed by atoms with van der Waals surface area (Å²) in [5, 5.41) is 10.5. The second-order valence-corrected chi connectivity index (χ2v) is 25.5. The predicted octanol–water partition coefficient (Wildman–Crippen LogP) is 8.01. The highest BCUT2D eigenvalue weighted by Gasteiger charge is 2.46. The molecule has 32 heavy (non-hydrogen) atoms. The molecule has 0 aromatic heterocycles. The van der Waals surface area contributed by atoms with Crippen LogP contribution in [0.5, 0.6) is 0 Å². The van der Waals surface area contributed by atoms with E-state index in [1.54, 1.807) is 0 Å². The summed E-state index contributed by atoms with van der Waals surface area (Å²) in [5.41, 5.74) is 0. The summed E-state index contributed by atoms with van der Waals surface area (Å²) < 4.78 is 14.9. The maximum Gasteiger partial charge on any atom is 0.192 e. The third-order valence-corrected chi connectivity index (χ3v) is 19.8. The zero-order valence-electron chi connectivity index (χ0n) is 23.2. The van der Waals surface area contributed by atoms with Crippen LogP contribution in [0.25, 0.3) is 0 Å². The lowest BCUT2D eigenvalue weighted by atomic mass is 9.92. The van der Waals surface area contributed by atoms with E-state index in [-0.39, 0.29) is 34.8 Å². The van der Waals surface area contributed by atoms with E-state index in [2.05, 4.69) is 105 Å². The molecule has 0 bridgehead atoms. The van der Waals surface area contributed by atoms with E-state index in [9.17, 15) is 5.11 Å². The number of hydrogen-bond donors (Lipinski definition) is 1. The normalized spacial score (nSPS) is 21.3. The van der Waals surface area contributed by atoms with Crippen molar-refractivity contribution in [2.75, 3.05) is 18.1 Å². The molecule has 1 aliphatic heterocycles. The fourth-order valence-corrected chi connectivity index (χ4v) is 9.46. The summed E-state index contributed by atoms with van der Waals surface area (Å²) in [6.07, 6.45) is 3.54. The minimum Gasteiger partial charge on any atom is -0.411 e. The maximum atomic E-state index is 10.2. The molecule has 0 amide bonds. The second-order valence-electron chi connectivity index (χ2n) is 13.0. The maximum absolute atomic E-state index is 10.2. The van der Waals surface area contributed by atoms with Gasteiger partial charge in [0.15, 0.2) is 16.6 Å². The molecule has 0 aromatic carbocycles. The van der Waals surface area contributed by atoms with Gasteiger partial charge in [-0.3, -0.25) is 0 Å². The lowest BCUT2D eigenvalue weighted by molar-refractivity contribution is -0.0215. The van der Waals surface area contributed by atoms with E-state index in [4.69, 9.17) is 8.85 Å². The molecule has 1 unspecified atom stereocenters. The van der Waals surface area contributed by atoms with Crippen molar-refractivity contribution in [2.45, 2.75) is 128 Å². The molecule has 192 valence electrons. The molecule has 0 spiro atoms. The molecule has 7 heteroatoms. The molecule has 3 nitrogen and oxygen atoms in total. The first-order chi connectivity index (χ1) is 14.4. The van der Waals surface area contributed by atoms with Crippen molar-refractivity contribution >= 4 is 40.2 Å². The Bertz CT molecular complexity index is 552. The van der Waals surface area contributed by atoms with Crippen LogP contribution in [0.1, 0.15) is 74.7 Å². The van der Waals surface area contributed by atoms with E-state index < -0.39 is 16.6 Å². The van der Waals surface area contributed by atoms with E-state index >= 15 is 0 Å². The molecule has 0 aromatic rings. The zero-order chi connectivity index (χ0) is 25.0. The highest BCUT2D eigenvalue weighted by Crippen LogP contribution is 2.43. The van der Waals surface area contributed by atoms with Crippen molar-refractivity contribution < 1.29 is 14.0 Å². The van der Waals surface area contributed by atoms with E-state index in [0.717, 1.165) is 6.42 Å². The molecule has 0 saturated carbocycles. The largest absolute Gasteiger partial charge is 0.411 e. The number of hydrogen-bond acceptors (Lipinski definition) is 5. The quantitative estimate of drug-likeness (QED) is 0.278. The Balaban J connectivity index is 3.19. The van der Waals surface area contributed by atoms with Gasteiger partial charge in [0.05, 0.1) is 16.8 Å². The number of aliphatic hydroxyl groups is 1. The highest BCUT2D eigenvalue weighted by atomic mass is 32.2. The molecular weight excluding hydrogens is 469 g/mol. The van der Waals surface area contributed by atoms with Gasteiger partial charge in [0.2, 0.25) is 0 Å². The first-order valence-corrected chi connectivity index (χ1v) is 20.5. The van der Waals surface area contributed by atoms with Crippen LogP contribution < -0.4 is 0 Å². The van der Waals surface area contributed by atoms with Gasteiger partial charge in [0.1, 0.15) is 0 Å². The highest BCUT2D eigenvalue weighted by molar-refractivity contribution is 8.17. The fraction of sp³-hybridized carbons (Fsp3) is 1.00. The van der Waals surface area contributed by atoms with E-state index in [1.165, 1.54) is 24.3 Å². The lowest BCUT2D eigenvalue weighted by Crippen LogP contribution is -2.54. The molecule has 1 rings (SSSR count). The summed E-state index contributed by atoms with van der Waals surface area (Å²) in [5.74, 6) is 3.23. The summed E-state index contributed by atoms with van der Waals surface area (Å²) in [4.78, 5) is 0. The lowest BCUT2D eigenvalue weighted by Gasteiger charge is -2.47. The van der Waals surface area contributed by atoms with Crippen LogP contribution in [-0.2, 0) is 8.85 Å². The first kappa shape index (κ1) is 31.0. The number of aliphatic hydroxyl groups excluding tert-OH is 1. The van der Waals surface area contributed by atoms with Gasteiger partial charge in [0, 0.05) is 12.5 Å². The Labute approximate surface area is 211 Å². The van der Waals surface area contributed by atoms with Gasteiger partial charge in [-0.1, -0.05) is 55.4 Å². The van der Waals surface area contributed by atoms with E-state index in [1.807, 2.05) is 0 Å². The topological polar surface area (TPSA) is 38.7 Å². The molecule has 1 N–H and O–H groups in total. The smallest absolute Gasteiger partial charge is 0.192 e. The van der Waals surface area contributed by atoms with Crippen LogP contribution >= 0.6 is 23.5 Å². The van der Waals surface area contributed by atoms with Crippen molar-refractivity contribution in [2.24, 2.45) is 11.8 Å². The predicted molar refractivity (Wildman–Crippen MR) is 152 cm³/mol. The molecule has 1 heterocycles. The van der Waals surface area contributed by atoms with Gasteiger partial charge in [-0.15, -0.1) is 23.5 Å². The zero-order valence-corrected chi connectivity index (χ0v) is 26.8. The third-order valence-electron chi connectivity index (χ3n) is 7.83. The Hall–Kier alpha value is 1.01. The monoisotopic (exact) mass is 522 g/mol. The van der Waals surface area contributed by atoms with Crippen LogP contribution in [0.3, 0.4) is 0 Å². The molecule has 1 fully saturated rings. The van der Waals surface area contributed by atoms with Crippen molar-refractivity contribution in [3.8, 4) is 0 Å². The van der Waals surface area contributed by atoms with Crippen molar-refractivity contribution in [1.82, 2.24) is 0 Å². The van der Waals surface area contributed by atoms with Crippen LogP contribution in [-0.4, -0.2) is 56.6 Å². The van der Waals surface area contributed by atoms with Crippen LogP contribution in [0.15, 0.2) is 0 Å². The fourth-order valence-electron chi connectivity index (χ4n) is 3.48. The van der Waals surface area contributed by atoms with Gasteiger partial charge < -0.3 is 14.0 Å². The van der Waals surface area contributed by atoms with Gasteiger partial charge in [-0.2, -0.15) is 0 Å². The molecule has 0 aliphatic carbocycles. The number of rotatable bonds is 11. The molecule has 1 saturated heterocycles. The van der Waals surface area contributed by atoms with Gasteiger partial charge in [-0.25, -0.2) is 0 Å². The SMILES string of the molecule is CC(CO)[C@H](O[Si](C)(C)C(C)(C)C)[C@H](C[C@H](C)CC1SCCCS1)O[Si](C)(C)C(C)(C)C. The standard InChI is InChI=1S/C25H54O3S2Si2/c1-19(17-22-29-14-13-15-30-22)16-21(27-31(9,10)24(3,4)5)23(20(2)18-26)28-32(11,12)25(6,7)8/h19-23,26H,13-18H2,1-12H3/t19-,20?,21-,23-/m0/s1. The van der Waals surface area contributed by atoms with Gasteiger partial charge in [0.25, 0.3) is 0 Å². The van der Waals surface area contributed by atoms with Crippen LogP contribution in [0.4, 0.5) is 0 Å². The summed E-state index contributed by atoms with van der Waals surface area (Å²) in [6, 6.07) is 0. The molecular formula is C25H54O3S2Si2. The average Bonchev–Trinajstić information content (AvgIpc) is 2.63. The molecule has 0 radical (unpaired) electrons. The summed E-state index contributed by atoms with van der Waals surface area (Å²) >= 11 is 4.27. The Morgan fingerprint density at radius 3 is 1.78 bits per heavy atom. The van der Waals surface area contributed by atoms with Crippen molar-refractivity contribution in [1.29, 1.82) is 0 Å². The molecule has 1 aliphatic rings. The Morgan fingerprint density at radius 2 is 1.34 bits per heavy atom. The van der Waals surface area contributed by atoms with Crippen molar-refractivity contribution in [3.05, 3.63) is 0 Å². The minimum absolute atomic E-state index is 0.0285.